The molecule has 7 rings (SSSR count). The third kappa shape index (κ3) is 6.73. The zero-order valence-corrected chi connectivity index (χ0v) is 30.5. The van der Waals surface area contributed by atoms with Crippen molar-refractivity contribution in [2.24, 2.45) is 15.4 Å². The minimum absolute atomic E-state index is 0.0208. The summed E-state index contributed by atoms with van der Waals surface area (Å²) in [5.74, 6) is -4.61. The van der Waals surface area contributed by atoms with Crippen LogP contribution in [-0.2, 0) is 0 Å². The highest BCUT2D eigenvalue weighted by Crippen LogP contribution is 2.47. The molecular formula is C40H34F2N8O6. The van der Waals surface area contributed by atoms with E-state index in [1.54, 1.807) is 0 Å². The van der Waals surface area contributed by atoms with E-state index in [9.17, 15) is 34.7 Å². The number of nitrogens with zero attached hydrogens (tertiary/aromatic N) is 4. The highest BCUT2D eigenvalue weighted by molar-refractivity contribution is 6.14. The van der Waals surface area contributed by atoms with Gasteiger partial charge in [0.1, 0.15) is 34.6 Å². The van der Waals surface area contributed by atoms with E-state index in [0.717, 1.165) is 42.8 Å². The number of aliphatic imine (C=N–C) groups is 2. The van der Waals surface area contributed by atoms with Gasteiger partial charge in [0.15, 0.2) is 11.9 Å². The number of carbonyl (C=O) groups excluding carboxylic acids is 2. The molecule has 1 saturated carbocycles. The van der Waals surface area contributed by atoms with Crippen molar-refractivity contribution in [1.29, 1.82) is 10.5 Å². The fraction of sp³-hybridized carbons (Fsp3) is 0.250. The third-order valence-corrected chi connectivity index (χ3v) is 9.70. The third-order valence-electron chi connectivity index (χ3n) is 9.70. The number of benzene rings is 4. The van der Waals surface area contributed by atoms with Crippen LogP contribution < -0.4 is 30.7 Å². The first kappa shape index (κ1) is 37.1. The SMILES string of the molecule is COc1cc(-c2cc(C#N)c(-c3cc(F)ccc3OC)c(C(=O)NC3=NC4CC4N3)c2O)c(F)cc1-c1c(C#N)ccc(O)c1C(=O)NC1=NCC(C)(C)CN1. The van der Waals surface area contributed by atoms with Crippen LogP contribution >= 0.6 is 0 Å². The van der Waals surface area contributed by atoms with Crippen LogP contribution in [0.2, 0.25) is 0 Å². The number of methoxy groups -OCH3 is 2. The lowest BCUT2D eigenvalue weighted by atomic mass is 9.87. The molecule has 16 heteroatoms. The van der Waals surface area contributed by atoms with Gasteiger partial charge in [-0.25, -0.2) is 13.8 Å². The van der Waals surface area contributed by atoms with Gasteiger partial charge in [0, 0.05) is 51.9 Å². The van der Waals surface area contributed by atoms with Gasteiger partial charge in [-0.2, -0.15) is 10.5 Å². The molecule has 6 N–H and O–H groups in total. The Labute approximate surface area is 319 Å². The molecule has 4 aromatic rings. The fourth-order valence-corrected chi connectivity index (χ4v) is 6.74. The molecule has 0 saturated heterocycles. The average molecular weight is 761 g/mol. The van der Waals surface area contributed by atoms with Crippen LogP contribution in [0.4, 0.5) is 8.78 Å². The molecule has 3 aliphatic rings. The predicted molar refractivity (Wildman–Crippen MR) is 200 cm³/mol. The van der Waals surface area contributed by atoms with E-state index in [4.69, 9.17) is 9.47 Å². The van der Waals surface area contributed by atoms with E-state index >= 15 is 4.39 Å². The van der Waals surface area contributed by atoms with Gasteiger partial charge in [0.2, 0.25) is 0 Å². The number of nitrogens with one attached hydrogen (secondary N) is 4. The number of hydrogen-bond acceptors (Lipinski definition) is 12. The summed E-state index contributed by atoms with van der Waals surface area (Å²) in [4.78, 5) is 36.5. The molecule has 2 atom stereocenters. The van der Waals surface area contributed by atoms with E-state index in [-0.39, 0.29) is 91.0 Å². The van der Waals surface area contributed by atoms with Crippen molar-refractivity contribution in [3.63, 3.8) is 0 Å². The monoisotopic (exact) mass is 760 g/mol. The molecule has 2 unspecified atom stereocenters. The molecule has 0 spiro atoms. The number of phenolic OH excluding ortho intramolecular Hbond substituents is 2. The van der Waals surface area contributed by atoms with Crippen LogP contribution in [0, 0.1) is 39.7 Å². The summed E-state index contributed by atoms with van der Waals surface area (Å²) < 4.78 is 42.4. The Kier molecular flexibility index (Phi) is 9.43. The van der Waals surface area contributed by atoms with E-state index in [1.807, 2.05) is 26.0 Å². The molecule has 2 heterocycles. The Morgan fingerprint density at radius 2 is 1.54 bits per heavy atom. The summed E-state index contributed by atoms with van der Waals surface area (Å²) in [6, 6.07) is 13.1. The number of amides is 2. The lowest BCUT2D eigenvalue weighted by molar-refractivity contribution is 0.0964. The molecule has 2 amide bonds. The summed E-state index contributed by atoms with van der Waals surface area (Å²) in [7, 11) is 2.56. The topological polar surface area (TPSA) is 213 Å². The van der Waals surface area contributed by atoms with Gasteiger partial charge in [0.05, 0.1) is 60.7 Å². The second-order valence-corrected chi connectivity index (χ2v) is 14.2. The molecule has 1 fully saturated rings. The Morgan fingerprint density at radius 3 is 2.18 bits per heavy atom. The first-order valence-electron chi connectivity index (χ1n) is 17.3. The smallest absolute Gasteiger partial charge is 0.262 e. The number of hydrogen-bond donors (Lipinski definition) is 6. The Balaban J connectivity index is 1.39. The first-order valence-corrected chi connectivity index (χ1v) is 17.3. The molecule has 0 bridgehead atoms. The summed E-state index contributed by atoms with van der Waals surface area (Å²) in [5.41, 5.74) is -2.58. The van der Waals surface area contributed by atoms with Crippen molar-refractivity contribution >= 4 is 23.7 Å². The van der Waals surface area contributed by atoms with Crippen molar-refractivity contribution in [1.82, 2.24) is 21.3 Å². The predicted octanol–water partition coefficient (Wildman–Crippen LogP) is 4.68. The maximum Gasteiger partial charge on any atom is 0.262 e. The van der Waals surface area contributed by atoms with Crippen LogP contribution in [-0.4, -0.2) is 73.3 Å². The number of nitriles is 2. The zero-order chi connectivity index (χ0) is 40.1. The van der Waals surface area contributed by atoms with E-state index in [0.29, 0.717) is 13.1 Å². The van der Waals surface area contributed by atoms with E-state index < -0.39 is 40.5 Å². The Morgan fingerprint density at radius 1 is 0.857 bits per heavy atom. The van der Waals surface area contributed by atoms with E-state index in [1.165, 1.54) is 26.4 Å². The number of halogens is 2. The standard InChI is InChI=1S/C40H34F2N8O6/c1-40(2)16-45-38(46-17-40)49-36(53)33-28(51)7-5-18(14-43)31(33)24-11-25(42)21(12-30(24)56-4)22-9-19(15-44)32(23-10-20(41)6-8-29(23)55-3)34(35(22)52)37(54)50-39-47-26-13-27(26)48-39/h5-12,26-27,51-52H,13,16-17H2,1-4H3,(H2,45,46,49,53)(H2,47,48,50,54). The number of aromatic hydroxyl groups is 2. The molecule has 2 aliphatic heterocycles. The molecule has 4 aromatic carbocycles. The van der Waals surface area contributed by atoms with Crippen LogP contribution in [0.15, 0.2) is 58.5 Å². The number of guanidine groups is 2. The first-order chi connectivity index (χ1) is 26.8. The number of ether oxygens (including phenoxy) is 2. The molecule has 0 aromatic heterocycles. The van der Waals surface area contributed by atoms with E-state index in [2.05, 4.69) is 31.3 Å². The molecular weight excluding hydrogens is 726 g/mol. The second kappa shape index (κ2) is 14.2. The van der Waals surface area contributed by atoms with Crippen LogP contribution in [0.5, 0.6) is 23.0 Å². The number of phenols is 2. The largest absolute Gasteiger partial charge is 0.507 e. The summed E-state index contributed by atoms with van der Waals surface area (Å²) >= 11 is 0. The quantitative estimate of drug-likeness (QED) is 0.153. The summed E-state index contributed by atoms with van der Waals surface area (Å²) in [5, 5.41) is 54.7. The molecule has 14 nitrogen and oxygen atoms in total. The van der Waals surface area contributed by atoms with Crippen molar-refractivity contribution in [3.8, 4) is 68.5 Å². The van der Waals surface area contributed by atoms with Crippen molar-refractivity contribution in [3.05, 3.63) is 82.4 Å². The Bertz CT molecular complexity index is 2500. The van der Waals surface area contributed by atoms with Crippen molar-refractivity contribution in [2.75, 3.05) is 27.3 Å². The molecule has 0 radical (unpaired) electrons. The maximum absolute atomic E-state index is 16.6. The number of fused-ring (bicyclic) bond motifs is 1. The maximum atomic E-state index is 16.6. The van der Waals surface area contributed by atoms with Gasteiger partial charge >= 0.3 is 0 Å². The van der Waals surface area contributed by atoms with Gasteiger partial charge in [-0.05, 0) is 55.0 Å². The van der Waals surface area contributed by atoms with Gasteiger partial charge in [-0.3, -0.25) is 25.2 Å². The molecule has 56 heavy (non-hydrogen) atoms. The van der Waals surface area contributed by atoms with Crippen LogP contribution in [0.1, 0.15) is 52.1 Å². The summed E-state index contributed by atoms with van der Waals surface area (Å²) in [6.07, 6.45) is 0.789. The van der Waals surface area contributed by atoms with Crippen LogP contribution in [0.25, 0.3) is 33.4 Å². The van der Waals surface area contributed by atoms with Gasteiger partial charge in [-0.15, -0.1) is 0 Å². The minimum Gasteiger partial charge on any atom is -0.507 e. The van der Waals surface area contributed by atoms with Gasteiger partial charge < -0.3 is 30.3 Å². The second-order valence-electron chi connectivity index (χ2n) is 14.2. The lowest BCUT2D eigenvalue weighted by Crippen LogP contribution is -2.49. The molecule has 1 aliphatic carbocycles. The lowest BCUT2D eigenvalue weighted by Gasteiger charge is -2.29. The normalized spacial score (nSPS) is 17.4. The van der Waals surface area contributed by atoms with Crippen molar-refractivity contribution in [2.45, 2.75) is 32.4 Å². The zero-order valence-electron chi connectivity index (χ0n) is 30.5. The van der Waals surface area contributed by atoms with Crippen LogP contribution in [0.3, 0.4) is 0 Å². The fourth-order valence-electron chi connectivity index (χ4n) is 6.74. The average Bonchev–Trinajstić information content (AvgIpc) is 3.79. The Hall–Kier alpha value is -7.20. The molecule has 284 valence electrons. The highest BCUT2D eigenvalue weighted by atomic mass is 19.1. The van der Waals surface area contributed by atoms with Crippen molar-refractivity contribution < 1.29 is 38.1 Å². The number of rotatable bonds is 7. The van der Waals surface area contributed by atoms with Gasteiger partial charge in [-0.1, -0.05) is 13.8 Å². The van der Waals surface area contributed by atoms with Gasteiger partial charge in [0.25, 0.3) is 11.8 Å². The minimum atomic E-state index is -1.04. The highest BCUT2D eigenvalue weighted by Gasteiger charge is 2.43. The summed E-state index contributed by atoms with van der Waals surface area (Å²) in [6.45, 7) is 4.88. The number of carbonyl (C=O) groups is 2.